The summed E-state index contributed by atoms with van der Waals surface area (Å²) in [6.07, 6.45) is 5.45. The molecule has 0 saturated heterocycles. The fraction of sp³-hybridized carbons (Fsp3) is 0.316. The molecule has 2 aromatic heterocycles. The highest BCUT2D eigenvalue weighted by atomic mass is 32.2. The van der Waals surface area contributed by atoms with Crippen molar-refractivity contribution in [2.75, 3.05) is 5.32 Å². The first-order chi connectivity index (χ1) is 13.3. The molecule has 4 rings (SSSR count). The van der Waals surface area contributed by atoms with Gasteiger partial charge in [0.1, 0.15) is 17.3 Å². The smallest absolute Gasteiger partial charge is 0.238 e. The van der Waals surface area contributed by atoms with E-state index in [2.05, 4.69) is 21.4 Å². The minimum absolute atomic E-state index is 0.0965. The molecule has 1 aliphatic carbocycles. The topological polar surface area (TPSA) is 116 Å². The van der Waals surface area contributed by atoms with Crippen LogP contribution in [0.4, 0.5) is 5.82 Å². The van der Waals surface area contributed by atoms with Gasteiger partial charge in [-0.2, -0.15) is 5.10 Å². The maximum atomic E-state index is 11.4. The van der Waals surface area contributed by atoms with E-state index in [1.54, 1.807) is 16.8 Å². The number of rotatable bonds is 5. The Morgan fingerprint density at radius 1 is 1.21 bits per heavy atom. The second kappa shape index (κ2) is 6.99. The Morgan fingerprint density at radius 2 is 1.96 bits per heavy atom. The van der Waals surface area contributed by atoms with E-state index in [1.807, 2.05) is 14.0 Å². The number of hydrogen-bond donors (Lipinski definition) is 2. The lowest BCUT2D eigenvalue weighted by molar-refractivity contribution is 0.598. The largest absolute Gasteiger partial charge is 0.365 e. The van der Waals surface area contributed by atoms with Crippen molar-refractivity contribution < 1.29 is 8.42 Å². The summed E-state index contributed by atoms with van der Waals surface area (Å²) in [5.74, 6) is 1.39. The number of benzene rings is 1. The van der Waals surface area contributed by atoms with Crippen LogP contribution >= 0.6 is 0 Å². The highest BCUT2D eigenvalue weighted by Gasteiger charge is 2.20. The lowest BCUT2D eigenvalue weighted by Crippen LogP contribution is -2.12. The minimum Gasteiger partial charge on any atom is -0.365 e. The van der Waals surface area contributed by atoms with Crippen LogP contribution in [-0.4, -0.2) is 28.2 Å². The summed E-state index contributed by atoms with van der Waals surface area (Å²) < 4.78 is 24.6. The maximum absolute atomic E-state index is 11.4. The third-order valence-electron chi connectivity index (χ3n) is 4.85. The Hall–Kier alpha value is -2.78. The van der Waals surface area contributed by atoms with Gasteiger partial charge >= 0.3 is 0 Å². The van der Waals surface area contributed by atoms with Gasteiger partial charge in [0, 0.05) is 13.6 Å². The van der Waals surface area contributed by atoms with Gasteiger partial charge in [0.15, 0.2) is 5.65 Å². The average Bonchev–Trinajstić information content (AvgIpc) is 3.28. The molecule has 0 aliphatic heterocycles. The third kappa shape index (κ3) is 3.50. The number of fused-ring (bicyclic) bond motifs is 1. The molecule has 1 aromatic carbocycles. The van der Waals surface area contributed by atoms with Crippen LogP contribution in [0.5, 0.6) is 0 Å². The Labute approximate surface area is 163 Å². The van der Waals surface area contributed by atoms with Crippen LogP contribution in [0.25, 0.3) is 16.6 Å². The van der Waals surface area contributed by atoms with Crippen molar-refractivity contribution in [2.45, 2.75) is 37.6 Å². The zero-order valence-corrected chi connectivity index (χ0v) is 16.6. The maximum Gasteiger partial charge on any atom is 0.238 e. The molecule has 0 saturated carbocycles. The van der Waals surface area contributed by atoms with E-state index in [0.717, 1.165) is 47.4 Å². The van der Waals surface area contributed by atoms with Gasteiger partial charge in [0.05, 0.1) is 10.3 Å². The molecule has 28 heavy (non-hydrogen) atoms. The van der Waals surface area contributed by atoms with E-state index in [-0.39, 0.29) is 4.90 Å². The van der Waals surface area contributed by atoms with Gasteiger partial charge in [0.25, 0.3) is 0 Å². The van der Waals surface area contributed by atoms with Gasteiger partial charge in [-0.15, -0.1) is 0 Å². The first-order valence-corrected chi connectivity index (χ1v) is 10.6. The van der Waals surface area contributed by atoms with Crippen LogP contribution in [0, 0.1) is 6.92 Å². The monoisotopic (exact) mass is 398 g/mol. The molecule has 1 aliphatic rings. The number of nitrogens with one attached hydrogen (secondary N) is 1. The van der Waals surface area contributed by atoms with Gasteiger partial charge in [-0.1, -0.05) is 18.2 Å². The standard InChI is InChI=1S/C19H22N6O2S/c1-12-22-18(21-11-13-7-9-15(10-8-13)28(20,26)27)16-17(14-5-3-4-6-14)24-25(2)19(16)23-12/h5,7-10H,3-4,6,11H2,1-2H3,(H2,20,26,27)(H,21,22,23). The van der Waals surface area contributed by atoms with Gasteiger partial charge in [-0.05, 0) is 49.5 Å². The van der Waals surface area contributed by atoms with Crippen molar-refractivity contribution in [1.82, 2.24) is 19.7 Å². The molecule has 0 atom stereocenters. The third-order valence-corrected chi connectivity index (χ3v) is 5.78. The minimum atomic E-state index is -3.69. The van der Waals surface area contributed by atoms with E-state index in [0.29, 0.717) is 12.4 Å². The summed E-state index contributed by atoms with van der Waals surface area (Å²) >= 11 is 0. The van der Waals surface area contributed by atoms with Crippen molar-refractivity contribution in [3.8, 4) is 0 Å². The SMILES string of the molecule is Cc1nc(NCc2ccc(S(N)(=O)=O)cc2)c2c(C3=CCCC3)nn(C)c2n1. The van der Waals surface area contributed by atoms with E-state index in [1.165, 1.54) is 17.7 Å². The fourth-order valence-electron chi connectivity index (χ4n) is 3.48. The second-order valence-electron chi connectivity index (χ2n) is 6.95. The van der Waals surface area contributed by atoms with Crippen molar-refractivity contribution >= 4 is 32.4 Å². The van der Waals surface area contributed by atoms with Crippen molar-refractivity contribution in [3.05, 3.63) is 47.4 Å². The van der Waals surface area contributed by atoms with Crippen molar-refractivity contribution in [3.63, 3.8) is 0 Å². The summed E-state index contributed by atoms with van der Waals surface area (Å²) in [6, 6.07) is 6.49. The summed E-state index contributed by atoms with van der Waals surface area (Å²) in [4.78, 5) is 9.26. The van der Waals surface area contributed by atoms with Gasteiger partial charge in [-0.3, -0.25) is 0 Å². The highest BCUT2D eigenvalue weighted by Crippen LogP contribution is 2.34. The molecule has 3 N–H and O–H groups in total. The Kier molecular flexibility index (Phi) is 4.64. The molecular weight excluding hydrogens is 376 g/mol. The number of primary sulfonamides is 1. The van der Waals surface area contributed by atoms with Crippen LogP contribution in [0.1, 0.15) is 36.3 Å². The molecule has 0 amide bonds. The number of allylic oxidation sites excluding steroid dienone is 2. The number of nitrogens with two attached hydrogens (primary N) is 1. The van der Waals surface area contributed by atoms with Crippen LogP contribution in [-0.2, 0) is 23.6 Å². The zero-order chi connectivity index (χ0) is 19.9. The molecule has 0 spiro atoms. The lowest BCUT2D eigenvalue weighted by atomic mass is 10.1. The van der Waals surface area contributed by atoms with Crippen LogP contribution in [0.15, 0.2) is 35.2 Å². The predicted octanol–water partition coefficient (Wildman–Crippen LogP) is 2.50. The van der Waals surface area contributed by atoms with Crippen molar-refractivity contribution in [1.29, 1.82) is 0 Å². The average molecular weight is 398 g/mol. The van der Waals surface area contributed by atoms with Crippen LogP contribution < -0.4 is 10.5 Å². The molecule has 0 unspecified atom stereocenters. The van der Waals surface area contributed by atoms with E-state index in [9.17, 15) is 8.42 Å². The summed E-state index contributed by atoms with van der Waals surface area (Å²) in [5.41, 5.74) is 3.88. The predicted molar refractivity (Wildman–Crippen MR) is 108 cm³/mol. The number of aromatic nitrogens is 4. The number of hydrogen-bond acceptors (Lipinski definition) is 6. The number of anilines is 1. The first-order valence-electron chi connectivity index (χ1n) is 9.09. The normalized spacial score (nSPS) is 14.5. The van der Waals surface area contributed by atoms with Gasteiger partial charge in [-0.25, -0.2) is 28.2 Å². The Bertz CT molecular complexity index is 1180. The molecular formula is C19H22N6O2S. The Balaban J connectivity index is 1.68. The fourth-order valence-corrected chi connectivity index (χ4v) is 3.99. The van der Waals surface area contributed by atoms with Crippen molar-refractivity contribution in [2.24, 2.45) is 12.2 Å². The molecule has 0 radical (unpaired) electrons. The number of sulfonamides is 1. The molecule has 0 bridgehead atoms. The van der Waals surface area contributed by atoms with Gasteiger partial charge < -0.3 is 5.32 Å². The van der Waals surface area contributed by atoms with E-state index in [4.69, 9.17) is 10.2 Å². The Morgan fingerprint density at radius 3 is 2.61 bits per heavy atom. The number of nitrogens with zero attached hydrogens (tertiary/aromatic N) is 4. The summed E-state index contributed by atoms with van der Waals surface area (Å²) in [6.45, 7) is 2.34. The quantitative estimate of drug-likeness (QED) is 0.682. The van der Waals surface area contributed by atoms with Crippen LogP contribution in [0.2, 0.25) is 0 Å². The lowest BCUT2D eigenvalue weighted by Gasteiger charge is -2.10. The van der Waals surface area contributed by atoms with E-state index >= 15 is 0 Å². The molecule has 3 aromatic rings. The zero-order valence-electron chi connectivity index (χ0n) is 15.8. The second-order valence-corrected chi connectivity index (χ2v) is 8.52. The molecule has 146 valence electrons. The summed E-state index contributed by atoms with van der Waals surface area (Å²) in [7, 11) is -1.80. The molecule has 9 heteroatoms. The van der Waals surface area contributed by atoms with Gasteiger partial charge in [0.2, 0.25) is 10.0 Å². The van der Waals surface area contributed by atoms with Crippen LogP contribution in [0.3, 0.4) is 0 Å². The number of aryl methyl sites for hydroxylation is 2. The van der Waals surface area contributed by atoms with E-state index < -0.39 is 10.0 Å². The molecule has 8 nitrogen and oxygen atoms in total. The highest BCUT2D eigenvalue weighted by molar-refractivity contribution is 7.89. The molecule has 2 heterocycles. The first kappa shape index (κ1) is 18.6. The molecule has 0 fully saturated rings. The summed E-state index contributed by atoms with van der Waals surface area (Å²) in [5, 5.41) is 14.1.